The first-order valence-electron chi connectivity index (χ1n) is 7.15. The standard InChI is InChI=1S/C17H15ClN2O3S/c1-24(22,23)16-8-2-12(3-9-16)17-10-14(11-21)19-20(17)15-6-4-13(18)5-7-15/h2-10,21H,11H2,1H3. The van der Waals surface area contributed by atoms with Crippen LogP contribution in [0.3, 0.4) is 0 Å². The molecule has 0 aliphatic heterocycles. The van der Waals surface area contributed by atoms with Crippen molar-refractivity contribution in [3.63, 3.8) is 0 Å². The van der Waals surface area contributed by atoms with Crippen molar-refractivity contribution in [2.45, 2.75) is 11.5 Å². The van der Waals surface area contributed by atoms with Crippen molar-refractivity contribution < 1.29 is 13.5 Å². The fourth-order valence-electron chi connectivity index (χ4n) is 2.37. The molecule has 3 aromatic rings. The summed E-state index contributed by atoms with van der Waals surface area (Å²) in [6.45, 7) is -0.186. The fraction of sp³-hybridized carbons (Fsp3) is 0.118. The van der Waals surface area contributed by atoms with E-state index in [-0.39, 0.29) is 11.5 Å². The molecule has 0 saturated carbocycles. The van der Waals surface area contributed by atoms with Gasteiger partial charge in [-0.25, -0.2) is 13.1 Å². The van der Waals surface area contributed by atoms with Crippen molar-refractivity contribution in [1.82, 2.24) is 9.78 Å². The smallest absolute Gasteiger partial charge is 0.175 e. The third-order valence-corrected chi connectivity index (χ3v) is 4.95. The normalized spacial score (nSPS) is 11.6. The molecule has 1 aromatic heterocycles. The molecule has 0 unspecified atom stereocenters. The zero-order valence-corrected chi connectivity index (χ0v) is 14.4. The lowest BCUT2D eigenvalue weighted by Gasteiger charge is -2.08. The zero-order chi connectivity index (χ0) is 17.3. The maximum atomic E-state index is 11.6. The second kappa shape index (κ2) is 6.39. The SMILES string of the molecule is CS(=O)(=O)c1ccc(-c2cc(CO)nn2-c2ccc(Cl)cc2)cc1. The van der Waals surface area contributed by atoms with E-state index >= 15 is 0 Å². The minimum absolute atomic E-state index is 0.186. The second-order valence-electron chi connectivity index (χ2n) is 5.36. The molecule has 0 aliphatic carbocycles. The number of nitrogens with zero attached hydrogens (tertiary/aromatic N) is 2. The Balaban J connectivity index is 2.10. The molecule has 0 amide bonds. The first-order chi connectivity index (χ1) is 11.4. The molecule has 2 aromatic carbocycles. The van der Waals surface area contributed by atoms with E-state index in [1.54, 1.807) is 47.1 Å². The van der Waals surface area contributed by atoms with Crippen molar-refractivity contribution in [2.75, 3.05) is 6.26 Å². The summed E-state index contributed by atoms with van der Waals surface area (Å²) < 4.78 is 24.9. The van der Waals surface area contributed by atoms with E-state index in [1.807, 2.05) is 12.1 Å². The summed E-state index contributed by atoms with van der Waals surface area (Å²) in [5.74, 6) is 0. The second-order valence-corrected chi connectivity index (χ2v) is 7.82. The molecule has 0 radical (unpaired) electrons. The van der Waals surface area contributed by atoms with Gasteiger partial charge in [-0.05, 0) is 42.5 Å². The third kappa shape index (κ3) is 3.36. The van der Waals surface area contributed by atoms with Gasteiger partial charge in [0.25, 0.3) is 0 Å². The lowest BCUT2D eigenvalue weighted by atomic mass is 10.1. The molecular formula is C17H15ClN2O3S. The molecule has 0 aliphatic rings. The van der Waals surface area contributed by atoms with Crippen LogP contribution in [0.4, 0.5) is 0 Å². The van der Waals surface area contributed by atoms with Gasteiger partial charge < -0.3 is 5.11 Å². The van der Waals surface area contributed by atoms with Gasteiger partial charge in [0.2, 0.25) is 0 Å². The van der Waals surface area contributed by atoms with Gasteiger partial charge in [0.05, 0.1) is 28.6 Å². The highest BCUT2D eigenvalue weighted by Gasteiger charge is 2.13. The molecule has 7 heteroatoms. The number of benzene rings is 2. The van der Waals surface area contributed by atoms with Gasteiger partial charge in [0.1, 0.15) is 0 Å². The molecule has 0 saturated heterocycles. The van der Waals surface area contributed by atoms with Crippen LogP contribution in [0.2, 0.25) is 5.02 Å². The number of halogens is 1. The van der Waals surface area contributed by atoms with Crippen LogP contribution in [0.5, 0.6) is 0 Å². The van der Waals surface area contributed by atoms with E-state index in [4.69, 9.17) is 11.6 Å². The number of aromatic nitrogens is 2. The zero-order valence-electron chi connectivity index (χ0n) is 12.8. The van der Waals surface area contributed by atoms with Gasteiger partial charge in [-0.2, -0.15) is 5.10 Å². The molecule has 0 spiro atoms. The Morgan fingerprint density at radius 3 is 2.25 bits per heavy atom. The molecular weight excluding hydrogens is 348 g/mol. The van der Waals surface area contributed by atoms with Crippen molar-refractivity contribution in [1.29, 1.82) is 0 Å². The fourth-order valence-corrected chi connectivity index (χ4v) is 3.12. The molecule has 1 N–H and O–H groups in total. The van der Waals surface area contributed by atoms with Crippen LogP contribution in [0.1, 0.15) is 5.69 Å². The Morgan fingerprint density at radius 2 is 1.71 bits per heavy atom. The van der Waals surface area contributed by atoms with E-state index < -0.39 is 9.84 Å². The van der Waals surface area contributed by atoms with Crippen molar-refractivity contribution in [2.24, 2.45) is 0 Å². The van der Waals surface area contributed by atoms with Crippen LogP contribution < -0.4 is 0 Å². The van der Waals surface area contributed by atoms with Gasteiger partial charge in [0.15, 0.2) is 9.84 Å². The predicted molar refractivity (Wildman–Crippen MR) is 93.0 cm³/mol. The largest absolute Gasteiger partial charge is 0.390 e. The quantitative estimate of drug-likeness (QED) is 0.774. The topological polar surface area (TPSA) is 72.2 Å². The van der Waals surface area contributed by atoms with Crippen molar-refractivity contribution in [3.8, 4) is 16.9 Å². The Labute approximate surface area is 145 Å². The highest BCUT2D eigenvalue weighted by molar-refractivity contribution is 7.90. The third-order valence-electron chi connectivity index (χ3n) is 3.57. The van der Waals surface area contributed by atoms with Crippen LogP contribution in [0.25, 0.3) is 16.9 Å². The van der Waals surface area contributed by atoms with Gasteiger partial charge in [-0.3, -0.25) is 0 Å². The monoisotopic (exact) mass is 362 g/mol. The van der Waals surface area contributed by atoms with Gasteiger partial charge in [-0.1, -0.05) is 23.7 Å². The van der Waals surface area contributed by atoms with E-state index in [0.717, 1.165) is 16.9 Å². The van der Waals surface area contributed by atoms with Crippen LogP contribution >= 0.6 is 11.6 Å². The molecule has 0 fully saturated rings. The Bertz CT molecular complexity index is 962. The van der Waals surface area contributed by atoms with Gasteiger partial charge in [-0.15, -0.1) is 0 Å². The minimum atomic E-state index is -3.25. The maximum Gasteiger partial charge on any atom is 0.175 e. The van der Waals surface area contributed by atoms with E-state index in [1.165, 1.54) is 6.26 Å². The number of hydrogen-bond acceptors (Lipinski definition) is 4. The van der Waals surface area contributed by atoms with E-state index in [0.29, 0.717) is 10.7 Å². The summed E-state index contributed by atoms with van der Waals surface area (Å²) in [4.78, 5) is 0.256. The summed E-state index contributed by atoms with van der Waals surface area (Å²) in [5.41, 5.74) is 2.86. The average molecular weight is 363 g/mol. The number of aliphatic hydroxyl groups is 1. The average Bonchev–Trinajstić information content (AvgIpc) is 2.99. The highest BCUT2D eigenvalue weighted by Crippen LogP contribution is 2.26. The van der Waals surface area contributed by atoms with Gasteiger partial charge >= 0.3 is 0 Å². The van der Waals surface area contributed by atoms with Crippen LogP contribution in [0.15, 0.2) is 59.5 Å². The number of sulfone groups is 1. The van der Waals surface area contributed by atoms with Crippen LogP contribution in [-0.2, 0) is 16.4 Å². The number of aliphatic hydroxyl groups excluding tert-OH is 1. The van der Waals surface area contributed by atoms with Crippen molar-refractivity contribution >= 4 is 21.4 Å². The summed E-state index contributed by atoms with van der Waals surface area (Å²) >= 11 is 5.92. The predicted octanol–water partition coefficient (Wildman–Crippen LogP) is 3.09. The lowest BCUT2D eigenvalue weighted by molar-refractivity contribution is 0.276. The highest BCUT2D eigenvalue weighted by atomic mass is 35.5. The molecule has 24 heavy (non-hydrogen) atoms. The summed E-state index contributed by atoms with van der Waals surface area (Å²) in [6.07, 6.45) is 1.17. The minimum Gasteiger partial charge on any atom is -0.390 e. The number of hydrogen-bond donors (Lipinski definition) is 1. The first-order valence-corrected chi connectivity index (χ1v) is 9.41. The molecule has 5 nitrogen and oxygen atoms in total. The van der Waals surface area contributed by atoms with Crippen LogP contribution in [-0.4, -0.2) is 29.6 Å². The molecule has 0 bridgehead atoms. The Kier molecular flexibility index (Phi) is 4.45. The lowest BCUT2D eigenvalue weighted by Crippen LogP contribution is -2.00. The van der Waals surface area contributed by atoms with Crippen molar-refractivity contribution in [3.05, 3.63) is 65.3 Å². The molecule has 0 atom stereocenters. The first kappa shape index (κ1) is 16.7. The molecule has 1 heterocycles. The molecule has 3 rings (SSSR count). The Morgan fingerprint density at radius 1 is 1.08 bits per heavy atom. The molecule has 124 valence electrons. The summed E-state index contributed by atoms with van der Waals surface area (Å²) in [6, 6.07) is 15.5. The van der Waals surface area contributed by atoms with E-state index in [9.17, 15) is 13.5 Å². The van der Waals surface area contributed by atoms with Crippen LogP contribution in [0, 0.1) is 0 Å². The number of rotatable bonds is 4. The van der Waals surface area contributed by atoms with Gasteiger partial charge in [0, 0.05) is 16.8 Å². The Hall–Kier alpha value is -2.15. The van der Waals surface area contributed by atoms with E-state index in [2.05, 4.69) is 5.10 Å². The maximum absolute atomic E-state index is 11.6. The summed E-state index contributed by atoms with van der Waals surface area (Å²) in [7, 11) is -3.25. The summed E-state index contributed by atoms with van der Waals surface area (Å²) in [5, 5.41) is 14.4.